The fraction of sp³-hybridized carbons (Fsp3) is 0.250. The van der Waals surface area contributed by atoms with Gasteiger partial charge in [-0.15, -0.1) is 0 Å². The number of benzene rings is 1. The third-order valence-electron chi connectivity index (χ3n) is 2.99. The molecule has 1 aromatic heterocycles. The highest BCUT2D eigenvalue weighted by molar-refractivity contribution is 9.10. The summed E-state index contributed by atoms with van der Waals surface area (Å²) < 4.78 is 0.817. The van der Waals surface area contributed by atoms with E-state index in [0.717, 1.165) is 29.5 Å². The van der Waals surface area contributed by atoms with Gasteiger partial charge in [0.2, 0.25) is 0 Å². The van der Waals surface area contributed by atoms with Crippen molar-refractivity contribution in [2.45, 2.75) is 13.0 Å². The number of amides is 1. The standard InChI is InChI=1S/C16H18BrN3O/c17-15-7-2-1-6-14(15)16(21)20-10-4-9-19-12-13-5-3-8-18-11-13/h1-3,5-8,11,19H,4,9-10,12H2,(H,20,21). The first-order chi connectivity index (χ1) is 10.3. The van der Waals surface area contributed by atoms with E-state index in [1.165, 1.54) is 0 Å². The minimum atomic E-state index is -0.0465. The number of nitrogens with one attached hydrogen (secondary N) is 2. The number of halogens is 1. The molecule has 0 radical (unpaired) electrons. The van der Waals surface area contributed by atoms with Crippen molar-refractivity contribution >= 4 is 21.8 Å². The van der Waals surface area contributed by atoms with Gasteiger partial charge in [0.05, 0.1) is 5.56 Å². The molecule has 0 unspecified atom stereocenters. The number of carbonyl (C=O) groups excluding carboxylic acids is 1. The van der Waals surface area contributed by atoms with E-state index in [4.69, 9.17) is 0 Å². The van der Waals surface area contributed by atoms with E-state index in [-0.39, 0.29) is 5.91 Å². The molecular formula is C16H18BrN3O. The molecule has 2 N–H and O–H groups in total. The van der Waals surface area contributed by atoms with Crippen molar-refractivity contribution in [3.63, 3.8) is 0 Å². The molecule has 2 aromatic rings. The second-order valence-corrected chi connectivity index (χ2v) is 5.48. The summed E-state index contributed by atoms with van der Waals surface area (Å²) in [6, 6.07) is 11.4. The molecule has 1 amide bonds. The summed E-state index contributed by atoms with van der Waals surface area (Å²) in [7, 11) is 0. The van der Waals surface area contributed by atoms with Gasteiger partial charge in [0.25, 0.3) is 5.91 Å². The SMILES string of the molecule is O=C(NCCCNCc1cccnc1)c1ccccc1Br. The van der Waals surface area contributed by atoms with Gasteiger partial charge in [0, 0.05) is 30.0 Å². The third-order valence-corrected chi connectivity index (χ3v) is 3.68. The van der Waals surface area contributed by atoms with E-state index in [1.54, 1.807) is 12.3 Å². The zero-order valence-electron chi connectivity index (χ0n) is 11.7. The number of nitrogens with zero attached hydrogens (tertiary/aromatic N) is 1. The van der Waals surface area contributed by atoms with Crippen LogP contribution in [0, 0.1) is 0 Å². The number of rotatable bonds is 7. The Hall–Kier alpha value is -1.72. The lowest BCUT2D eigenvalue weighted by Gasteiger charge is -2.07. The average Bonchev–Trinajstić information content (AvgIpc) is 2.52. The fourth-order valence-electron chi connectivity index (χ4n) is 1.89. The molecule has 1 heterocycles. The second kappa shape index (κ2) is 8.54. The maximum absolute atomic E-state index is 11.9. The summed E-state index contributed by atoms with van der Waals surface area (Å²) >= 11 is 3.38. The molecule has 0 saturated carbocycles. The molecular weight excluding hydrogens is 330 g/mol. The topological polar surface area (TPSA) is 54.0 Å². The summed E-state index contributed by atoms with van der Waals surface area (Å²) in [6.07, 6.45) is 4.50. The van der Waals surface area contributed by atoms with Crippen LogP contribution >= 0.6 is 15.9 Å². The molecule has 5 heteroatoms. The maximum Gasteiger partial charge on any atom is 0.252 e. The molecule has 110 valence electrons. The number of hydrogen-bond acceptors (Lipinski definition) is 3. The number of carbonyl (C=O) groups is 1. The van der Waals surface area contributed by atoms with Crippen LogP contribution in [-0.2, 0) is 6.54 Å². The van der Waals surface area contributed by atoms with E-state index in [2.05, 4.69) is 31.5 Å². The lowest BCUT2D eigenvalue weighted by molar-refractivity contribution is 0.0952. The van der Waals surface area contributed by atoms with Crippen LogP contribution in [-0.4, -0.2) is 24.0 Å². The molecule has 0 aliphatic heterocycles. The van der Waals surface area contributed by atoms with Crippen LogP contribution in [0.15, 0.2) is 53.3 Å². The van der Waals surface area contributed by atoms with E-state index in [0.29, 0.717) is 12.1 Å². The van der Waals surface area contributed by atoms with Crippen LogP contribution in [0.4, 0.5) is 0 Å². The molecule has 21 heavy (non-hydrogen) atoms. The Bertz CT molecular complexity index is 575. The molecule has 0 aliphatic rings. The Labute approximate surface area is 133 Å². The summed E-state index contributed by atoms with van der Waals surface area (Å²) in [6.45, 7) is 2.30. The van der Waals surface area contributed by atoms with Crippen LogP contribution in [0.5, 0.6) is 0 Å². The largest absolute Gasteiger partial charge is 0.352 e. The first kappa shape index (κ1) is 15.7. The number of pyridine rings is 1. The van der Waals surface area contributed by atoms with Gasteiger partial charge >= 0.3 is 0 Å². The Morgan fingerprint density at radius 3 is 2.76 bits per heavy atom. The Morgan fingerprint density at radius 2 is 2.00 bits per heavy atom. The maximum atomic E-state index is 11.9. The minimum Gasteiger partial charge on any atom is -0.352 e. The summed E-state index contributed by atoms with van der Waals surface area (Å²) in [5, 5.41) is 6.24. The van der Waals surface area contributed by atoms with Crippen molar-refractivity contribution in [1.82, 2.24) is 15.6 Å². The van der Waals surface area contributed by atoms with Gasteiger partial charge in [-0.05, 0) is 52.7 Å². The van der Waals surface area contributed by atoms with Gasteiger partial charge in [-0.1, -0.05) is 18.2 Å². The Balaban J connectivity index is 1.62. The zero-order chi connectivity index (χ0) is 14.9. The van der Waals surface area contributed by atoms with Crippen LogP contribution in [0.1, 0.15) is 22.3 Å². The van der Waals surface area contributed by atoms with Crippen LogP contribution in [0.2, 0.25) is 0 Å². The summed E-state index contributed by atoms with van der Waals surface area (Å²) in [5.41, 5.74) is 1.83. The van der Waals surface area contributed by atoms with Crippen molar-refractivity contribution in [2.75, 3.05) is 13.1 Å². The molecule has 0 aliphatic carbocycles. The molecule has 0 atom stereocenters. The van der Waals surface area contributed by atoms with E-state index < -0.39 is 0 Å². The van der Waals surface area contributed by atoms with Gasteiger partial charge < -0.3 is 10.6 Å². The normalized spacial score (nSPS) is 10.3. The quantitative estimate of drug-likeness (QED) is 0.757. The van der Waals surface area contributed by atoms with Crippen LogP contribution in [0.25, 0.3) is 0 Å². The molecule has 2 rings (SSSR count). The molecule has 0 spiro atoms. The molecule has 0 fully saturated rings. The highest BCUT2D eigenvalue weighted by Gasteiger charge is 2.07. The van der Waals surface area contributed by atoms with E-state index in [1.807, 2.05) is 36.5 Å². The van der Waals surface area contributed by atoms with Crippen molar-refractivity contribution < 1.29 is 4.79 Å². The predicted octanol–water partition coefficient (Wildman–Crippen LogP) is 2.75. The molecule has 1 aromatic carbocycles. The van der Waals surface area contributed by atoms with Crippen molar-refractivity contribution in [3.8, 4) is 0 Å². The molecule has 4 nitrogen and oxygen atoms in total. The van der Waals surface area contributed by atoms with Gasteiger partial charge in [-0.2, -0.15) is 0 Å². The van der Waals surface area contributed by atoms with Crippen molar-refractivity contribution in [3.05, 3.63) is 64.4 Å². The highest BCUT2D eigenvalue weighted by Crippen LogP contribution is 2.15. The van der Waals surface area contributed by atoms with Crippen molar-refractivity contribution in [2.24, 2.45) is 0 Å². The zero-order valence-corrected chi connectivity index (χ0v) is 13.3. The Morgan fingerprint density at radius 1 is 1.14 bits per heavy atom. The van der Waals surface area contributed by atoms with Gasteiger partial charge in [0.1, 0.15) is 0 Å². The summed E-state index contributed by atoms with van der Waals surface area (Å²) in [4.78, 5) is 16.0. The van der Waals surface area contributed by atoms with Crippen LogP contribution < -0.4 is 10.6 Å². The average molecular weight is 348 g/mol. The van der Waals surface area contributed by atoms with Gasteiger partial charge in [-0.3, -0.25) is 9.78 Å². The molecule has 0 saturated heterocycles. The monoisotopic (exact) mass is 347 g/mol. The third kappa shape index (κ3) is 5.28. The lowest BCUT2D eigenvalue weighted by Crippen LogP contribution is -2.27. The first-order valence-electron chi connectivity index (χ1n) is 6.90. The number of hydrogen-bond donors (Lipinski definition) is 2. The van der Waals surface area contributed by atoms with E-state index >= 15 is 0 Å². The first-order valence-corrected chi connectivity index (χ1v) is 7.69. The Kier molecular flexibility index (Phi) is 6.37. The predicted molar refractivity (Wildman–Crippen MR) is 87.0 cm³/mol. The fourth-order valence-corrected chi connectivity index (χ4v) is 2.36. The highest BCUT2D eigenvalue weighted by atomic mass is 79.9. The van der Waals surface area contributed by atoms with E-state index in [9.17, 15) is 4.79 Å². The van der Waals surface area contributed by atoms with Gasteiger partial charge in [0.15, 0.2) is 0 Å². The number of aromatic nitrogens is 1. The summed E-state index contributed by atoms with van der Waals surface area (Å²) in [5.74, 6) is -0.0465. The second-order valence-electron chi connectivity index (χ2n) is 4.63. The van der Waals surface area contributed by atoms with Crippen LogP contribution in [0.3, 0.4) is 0 Å². The molecule has 0 bridgehead atoms. The van der Waals surface area contributed by atoms with Crippen molar-refractivity contribution in [1.29, 1.82) is 0 Å². The van der Waals surface area contributed by atoms with Gasteiger partial charge in [-0.25, -0.2) is 0 Å². The smallest absolute Gasteiger partial charge is 0.252 e. The minimum absolute atomic E-state index is 0.0465. The lowest BCUT2D eigenvalue weighted by atomic mass is 10.2.